The summed E-state index contributed by atoms with van der Waals surface area (Å²) < 4.78 is 26.4. The zero-order chi connectivity index (χ0) is 14.2. The zero-order valence-electron chi connectivity index (χ0n) is 12.2. The molecule has 0 saturated carbocycles. The van der Waals surface area contributed by atoms with Crippen LogP contribution in [0.2, 0.25) is 0 Å². The van der Waals surface area contributed by atoms with Gasteiger partial charge < -0.3 is 5.11 Å². The summed E-state index contributed by atoms with van der Waals surface area (Å²) >= 11 is 0. The molecule has 0 unspecified atom stereocenters. The molecule has 0 bridgehead atoms. The van der Waals surface area contributed by atoms with Crippen molar-refractivity contribution < 1.29 is 13.5 Å². The number of unbranched alkanes of at least 4 members (excludes halogenated alkanes) is 1. The van der Waals surface area contributed by atoms with E-state index >= 15 is 0 Å². The minimum Gasteiger partial charge on any atom is -0.396 e. The van der Waals surface area contributed by atoms with E-state index in [1.54, 1.807) is 4.31 Å². The molecular formula is C13H29NO3S. The summed E-state index contributed by atoms with van der Waals surface area (Å²) in [6.07, 6.45) is 2.79. The van der Waals surface area contributed by atoms with Gasteiger partial charge in [-0.05, 0) is 31.6 Å². The number of nitrogens with zero attached hydrogens (tertiary/aromatic N) is 1. The van der Waals surface area contributed by atoms with Crippen molar-refractivity contribution in [3.8, 4) is 0 Å². The lowest BCUT2D eigenvalue weighted by molar-refractivity contribution is 0.273. The standard InChI is InChI=1S/C13H29NO3S/c1-5-13(6-2)14(11-12(3)4)18(16,17)10-8-7-9-15/h12-13,15H,5-11H2,1-4H3. The van der Waals surface area contributed by atoms with E-state index < -0.39 is 10.0 Å². The van der Waals surface area contributed by atoms with Crippen molar-refractivity contribution in [2.24, 2.45) is 5.92 Å². The van der Waals surface area contributed by atoms with Crippen LogP contribution in [0.1, 0.15) is 53.4 Å². The SMILES string of the molecule is CCC(CC)N(CC(C)C)S(=O)(=O)CCCCO. The smallest absolute Gasteiger partial charge is 0.214 e. The van der Waals surface area contributed by atoms with Gasteiger partial charge in [0.1, 0.15) is 0 Å². The van der Waals surface area contributed by atoms with Crippen LogP contribution in [0.5, 0.6) is 0 Å². The van der Waals surface area contributed by atoms with E-state index in [0.29, 0.717) is 25.3 Å². The molecule has 0 aromatic carbocycles. The predicted molar refractivity (Wildman–Crippen MR) is 76.0 cm³/mol. The topological polar surface area (TPSA) is 57.6 Å². The van der Waals surface area contributed by atoms with Gasteiger partial charge in [-0.2, -0.15) is 4.31 Å². The van der Waals surface area contributed by atoms with Crippen LogP contribution in [0.3, 0.4) is 0 Å². The molecule has 4 nitrogen and oxygen atoms in total. The van der Waals surface area contributed by atoms with Crippen molar-refractivity contribution in [2.75, 3.05) is 18.9 Å². The van der Waals surface area contributed by atoms with Crippen LogP contribution in [0, 0.1) is 5.92 Å². The molecule has 0 saturated heterocycles. The van der Waals surface area contributed by atoms with Gasteiger partial charge in [0.05, 0.1) is 5.75 Å². The second-order valence-electron chi connectivity index (χ2n) is 5.18. The third-order valence-corrected chi connectivity index (χ3v) is 5.03. The first-order chi connectivity index (χ1) is 8.38. The third kappa shape index (κ3) is 6.16. The molecule has 5 heteroatoms. The Kier molecular flexibility index (Phi) is 8.82. The van der Waals surface area contributed by atoms with Gasteiger partial charge in [-0.25, -0.2) is 8.42 Å². The molecule has 18 heavy (non-hydrogen) atoms. The highest BCUT2D eigenvalue weighted by molar-refractivity contribution is 7.89. The Morgan fingerprint density at radius 1 is 1.11 bits per heavy atom. The summed E-state index contributed by atoms with van der Waals surface area (Å²) in [4.78, 5) is 0. The largest absolute Gasteiger partial charge is 0.396 e. The van der Waals surface area contributed by atoms with Gasteiger partial charge in [0.15, 0.2) is 0 Å². The Labute approximate surface area is 112 Å². The molecule has 0 heterocycles. The zero-order valence-corrected chi connectivity index (χ0v) is 13.0. The van der Waals surface area contributed by atoms with E-state index in [4.69, 9.17) is 5.11 Å². The lowest BCUT2D eigenvalue weighted by Crippen LogP contribution is -2.43. The fourth-order valence-electron chi connectivity index (χ4n) is 2.06. The second-order valence-corrected chi connectivity index (χ2v) is 7.22. The molecular weight excluding hydrogens is 250 g/mol. The van der Waals surface area contributed by atoms with Gasteiger partial charge in [0.2, 0.25) is 10.0 Å². The maximum atomic E-state index is 12.3. The van der Waals surface area contributed by atoms with E-state index in [1.807, 2.05) is 27.7 Å². The van der Waals surface area contributed by atoms with Crippen molar-refractivity contribution in [2.45, 2.75) is 59.4 Å². The first-order valence-corrected chi connectivity index (χ1v) is 8.60. The third-order valence-electron chi connectivity index (χ3n) is 3.06. The van der Waals surface area contributed by atoms with Crippen LogP contribution < -0.4 is 0 Å². The molecule has 0 radical (unpaired) electrons. The van der Waals surface area contributed by atoms with E-state index in [2.05, 4.69) is 0 Å². The van der Waals surface area contributed by atoms with E-state index in [0.717, 1.165) is 12.8 Å². The van der Waals surface area contributed by atoms with Gasteiger partial charge in [0, 0.05) is 19.2 Å². The minimum absolute atomic E-state index is 0.0602. The van der Waals surface area contributed by atoms with E-state index in [-0.39, 0.29) is 18.4 Å². The predicted octanol–water partition coefficient (Wildman–Crippen LogP) is 2.24. The highest BCUT2D eigenvalue weighted by Crippen LogP contribution is 2.17. The van der Waals surface area contributed by atoms with Gasteiger partial charge in [-0.15, -0.1) is 0 Å². The summed E-state index contributed by atoms with van der Waals surface area (Å²) in [6.45, 7) is 8.80. The number of sulfonamides is 1. The fraction of sp³-hybridized carbons (Fsp3) is 1.00. The first kappa shape index (κ1) is 17.9. The average molecular weight is 279 g/mol. The number of hydrogen-bond donors (Lipinski definition) is 1. The Hall–Kier alpha value is -0.130. The van der Waals surface area contributed by atoms with Crippen molar-refractivity contribution in [3.05, 3.63) is 0 Å². The minimum atomic E-state index is -3.19. The number of aliphatic hydroxyl groups excluding tert-OH is 1. The van der Waals surface area contributed by atoms with Crippen molar-refractivity contribution >= 4 is 10.0 Å². The fourth-order valence-corrected chi connectivity index (χ4v) is 4.14. The molecule has 0 rings (SSSR count). The van der Waals surface area contributed by atoms with Crippen molar-refractivity contribution in [1.82, 2.24) is 4.31 Å². The Morgan fingerprint density at radius 2 is 1.67 bits per heavy atom. The van der Waals surface area contributed by atoms with Crippen LogP contribution in [-0.2, 0) is 10.0 Å². The summed E-state index contributed by atoms with van der Waals surface area (Å²) in [5.74, 6) is 0.481. The number of hydrogen-bond acceptors (Lipinski definition) is 3. The van der Waals surface area contributed by atoms with E-state index in [1.165, 1.54) is 0 Å². The Morgan fingerprint density at radius 3 is 2.06 bits per heavy atom. The van der Waals surface area contributed by atoms with Crippen molar-refractivity contribution in [1.29, 1.82) is 0 Å². The lowest BCUT2D eigenvalue weighted by atomic mass is 10.1. The van der Waals surface area contributed by atoms with Crippen LogP contribution >= 0.6 is 0 Å². The number of aliphatic hydroxyl groups is 1. The summed E-state index contributed by atoms with van der Waals surface area (Å²) in [5.41, 5.74) is 0. The van der Waals surface area contributed by atoms with Crippen molar-refractivity contribution in [3.63, 3.8) is 0 Å². The molecule has 0 aliphatic carbocycles. The van der Waals surface area contributed by atoms with Crippen LogP contribution in [0.25, 0.3) is 0 Å². The van der Waals surface area contributed by atoms with Gasteiger partial charge in [-0.3, -0.25) is 0 Å². The van der Waals surface area contributed by atoms with Gasteiger partial charge >= 0.3 is 0 Å². The molecule has 1 N–H and O–H groups in total. The highest BCUT2D eigenvalue weighted by Gasteiger charge is 2.27. The molecule has 0 atom stereocenters. The summed E-state index contributed by atoms with van der Waals surface area (Å²) in [7, 11) is -3.19. The molecule has 0 aliphatic heterocycles. The molecule has 0 amide bonds. The highest BCUT2D eigenvalue weighted by atomic mass is 32.2. The molecule has 0 aromatic heterocycles. The molecule has 0 aromatic rings. The van der Waals surface area contributed by atoms with Crippen LogP contribution in [0.4, 0.5) is 0 Å². The Balaban J connectivity index is 4.81. The average Bonchev–Trinajstić information content (AvgIpc) is 2.29. The molecule has 0 fully saturated rings. The normalized spacial score (nSPS) is 12.9. The van der Waals surface area contributed by atoms with Crippen LogP contribution in [0.15, 0.2) is 0 Å². The first-order valence-electron chi connectivity index (χ1n) is 6.99. The molecule has 0 aliphatic rings. The summed E-state index contributed by atoms with van der Waals surface area (Å²) in [5, 5.41) is 8.74. The maximum Gasteiger partial charge on any atom is 0.214 e. The Bertz CT molecular complexity index is 297. The molecule has 0 spiro atoms. The number of rotatable bonds is 10. The van der Waals surface area contributed by atoms with Gasteiger partial charge in [0.25, 0.3) is 0 Å². The van der Waals surface area contributed by atoms with Crippen LogP contribution in [-0.4, -0.2) is 42.8 Å². The van der Waals surface area contributed by atoms with Gasteiger partial charge in [-0.1, -0.05) is 27.7 Å². The monoisotopic (exact) mass is 279 g/mol. The lowest BCUT2D eigenvalue weighted by Gasteiger charge is -2.31. The summed E-state index contributed by atoms with van der Waals surface area (Å²) in [6, 6.07) is 0.103. The maximum absolute atomic E-state index is 12.3. The second kappa shape index (κ2) is 8.88. The van der Waals surface area contributed by atoms with E-state index in [9.17, 15) is 8.42 Å². The quantitative estimate of drug-likeness (QED) is 0.624. The molecule has 110 valence electrons.